The van der Waals surface area contributed by atoms with E-state index in [9.17, 15) is 0 Å². The van der Waals surface area contributed by atoms with Gasteiger partial charge in [0, 0.05) is 19.0 Å². The summed E-state index contributed by atoms with van der Waals surface area (Å²) in [4.78, 5) is 4.06. The normalized spacial score (nSPS) is 12.6. The Morgan fingerprint density at radius 3 is 2.74 bits per heavy atom. The number of hydrogen-bond acceptors (Lipinski definition) is 3. The molecule has 1 heterocycles. The Morgan fingerprint density at radius 1 is 1.26 bits per heavy atom. The summed E-state index contributed by atoms with van der Waals surface area (Å²) in [5.41, 5.74) is 0.925. The number of H-pyrrole nitrogens is 1. The van der Waals surface area contributed by atoms with E-state index in [-0.39, 0.29) is 6.04 Å². The molecule has 0 fully saturated rings. The van der Waals surface area contributed by atoms with Gasteiger partial charge in [-0.2, -0.15) is 5.10 Å². The van der Waals surface area contributed by atoms with Gasteiger partial charge in [-0.15, -0.1) is 0 Å². The predicted molar refractivity (Wildman–Crippen MR) is 78.0 cm³/mol. The van der Waals surface area contributed by atoms with Crippen LogP contribution in [0.1, 0.15) is 24.4 Å². The average molecular weight is 320 g/mol. The maximum atomic E-state index is 6.19. The fourth-order valence-corrected chi connectivity index (χ4v) is 2.45. The van der Waals surface area contributed by atoms with Crippen molar-refractivity contribution in [1.82, 2.24) is 20.5 Å². The molecule has 0 amide bonds. The van der Waals surface area contributed by atoms with Gasteiger partial charge in [0.2, 0.25) is 0 Å². The van der Waals surface area contributed by atoms with Crippen molar-refractivity contribution in [1.29, 1.82) is 0 Å². The van der Waals surface area contributed by atoms with Gasteiger partial charge in [-0.05, 0) is 18.6 Å². The molecular weight excluding hydrogens is 307 g/mol. The van der Waals surface area contributed by atoms with Crippen LogP contribution in [-0.4, -0.2) is 21.7 Å². The van der Waals surface area contributed by atoms with Crippen LogP contribution in [0.2, 0.25) is 15.1 Å². The Hall–Kier alpha value is -0.810. The lowest BCUT2D eigenvalue weighted by atomic mass is 10.1. The number of halogens is 3. The van der Waals surface area contributed by atoms with Gasteiger partial charge < -0.3 is 5.32 Å². The molecule has 0 bridgehead atoms. The smallest absolute Gasteiger partial charge is 0.137 e. The number of hydrogen-bond donors (Lipinski definition) is 2. The van der Waals surface area contributed by atoms with Crippen LogP contribution in [0, 0.1) is 0 Å². The molecule has 7 heteroatoms. The van der Waals surface area contributed by atoms with Crippen molar-refractivity contribution >= 4 is 34.8 Å². The molecule has 0 saturated heterocycles. The molecule has 0 aliphatic carbocycles. The van der Waals surface area contributed by atoms with Crippen molar-refractivity contribution in [3.05, 3.63) is 44.9 Å². The standard InChI is InChI=1S/C12H13Cl3N4/c1-7(16-5-4-10-17-6-18-19-10)8-2-3-9(13)12(15)11(8)14/h2-3,6-7,16H,4-5H2,1H3,(H,17,18,19). The van der Waals surface area contributed by atoms with Gasteiger partial charge in [-0.3, -0.25) is 5.10 Å². The Balaban J connectivity index is 1.96. The summed E-state index contributed by atoms with van der Waals surface area (Å²) in [5.74, 6) is 0.847. The fourth-order valence-electron chi connectivity index (χ4n) is 1.74. The van der Waals surface area contributed by atoms with Crippen LogP contribution in [0.25, 0.3) is 0 Å². The zero-order valence-corrected chi connectivity index (χ0v) is 12.5. The van der Waals surface area contributed by atoms with Crippen molar-refractivity contribution in [3.63, 3.8) is 0 Å². The molecule has 102 valence electrons. The van der Waals surface area contributed by atoms with E-state index in [1.165, 1.54) is 6.33 Å². The number of aromatic nitrogens is 3. The third-order valence-corrected chi connectivity index (χ3v) is 4.12. The molecule has 1 aromatic heterocycles. The molecule has 1 atom stereocenters. The van der Waals surface area contributed by atoms with E-state index in [0.717, 1.165) is 24.4 Å². The topological polar surface area (TPSA) is 53.6 Å². The lowest BCUT2D eigenvalue weighted by Gasteiger charge is -2.16. The van der Waals surface area contributed by atoms with Crippen molar-refractivity contribution in [2.24, 2.45) is 0 Å². The molecule has 0 aliphatic heterocycles. The Morgan fingerprint density at radius 2 is 2.05 bits per heavy atom. The highest BCUT2D eigenvalue weighted by atomic mass is 35.5. The summed E-state index contributed by atoms with van der Waals surface area (Å²) in [6, 6.07) is 3.70. The Kier molecular flexibility index (Phi) is 5.05. The number of benzene rings is 1. The number of aromatic amines is 1. The highest BCUT2D eigenvalue weighted by molar-refractivity contribution is 6.48. The molecule has 0 radical (unpaired) electrons. The summed E-state index contributed by atoms with van der Waals surface area (Å²) in [6.07, 6.45) is 2.26. The van der Waals surface area contributed by atoms with E-state index >= 15 is 0 Å². The highest BCUT2D eigenvalue weighted by Gasteiger charge is 2.13. The minimum Gasteiger partial charge on any atom is -0.310 e. The molecular formula is C12H13Cl3N4. The predicted octanol–water partition coefficient (Wildman–Crippen LogP) is 3.66. The van der Waals surface area contributed by atoms with Crippen molar-refractivity contribution < 1.29 is 0 Å². The Bertz CT molecular complexity index is 542. The third-order valence-electron chi connectivity index (χ3n) is 2.81. The quantitative estimate of drug-likeness (QED) is 0.827. The largest absolute Gasteiger partial charge is 0.310 e. The summed E-state index contributed by atoms with van der Waals surface area (Å²) < 4.78 is 0. The van der Waals surface area contributed by atoms with Gasteiger partial charge in [0.1, 0.15) is 12.2 Å². The van der Waals surface area contributed by atoms with Gasteiger partial charge >= 0.3 is 0 Å². The number of rotatable bonds is 5. The minimum atomic E-state index is 0.0742. The molecule has 0 saturated carbocycles. The number of nitrogens with zero attached hydrogens (tertiary/aromatic N) is 2. The first-order valence-electron chi connectivity index (χ1n) is 5.80. The van der Waals surface area contributed by atoms with Crippen LogP contribution in [0.3, 0.4) is 0 Å². The first-order valence-corrected chi connectivity index (χ1v) is 6.94. The molecule has 2 N–H and O–H groups in total. The van der Waals surface area contributed by atoms with Crippen LogP contribution in [0.15, 0.2) is 18.5 Å². The van der Waals surface area contributed by atoms with Crippen molar-refractivity contribution in [2.45, 2.75) is 19.4 Å². The van der Waals surface area contributed by atoms with Crippen LogP contribution < -0.4 is 5.32 Å². The second kappa shape index (κ2) is 6.57. The lowest BCUT2D eigenvalue weighted by Crippen LogP contribution is -2.22. The average Bonchev–Trinajstić information content (AvgIpc) is 2.89. The molecule has 0 aliphatic rings. The van der Waals surface area contributed by atoms with E-state index in [0.29, 0.717) is 15.1 Å². The molecule has 2 aromatic rings. The van der Waals surface area contributed by atoms with Gasteiger partial charge in [-0.25, -0.2) is 4.98 Å². The highest BCUT2D eigenvalue weighted by Crippen LogP contribution is 2.35. The van der Waals surface area contributed by atoms with E-state index in [1.54, 1.807) is 6.07 Å². The summed E-state index contributed by atoms with van der Waals surface area (Å²) in [7, 11) is 0. The van der Waals surface area contributed by atoms with Crippen LogP contribution >= 0.6 is 34.8 Å². The van der Waals surface area contributed by atoms with Gasteiger partial charge in [0.15, 0.2) is 0 Å². The zero-order valence-electron chi connectivity index (χ0n) is 10.3. The fraction of sp³-hybridized carbons (Fsp3) is 0.333. The summed E-state index contributed by atoms with van der Waals surface area (Å²) in [5, 5.41) is 11.3. The second-order valence-corrected chi connectivity index (χ2v) is 5.29. The first kappa shape index (κ1) is 14.6. The van der Waals surface area contributed by atoms with E-state index in [2.05, 4.69) is 20.5 Å². The van der Waals surface area contributed by atoms with Gasteiger partial charge in [0.25, 0.3) is 0 Å². The maximum Gasteiger partial charge on any atom is 0.137 e. The van der Waals surface area contributed by atoms with Gasteiger partial charge in [0.05, 0.1) is 15.1 Å². The zero-order chi connectivity index (χ0) is 13.8. The number of nitrogens with one attached hydrogen (secondary N) is 2. The maximum absolute atomic E-state index is 6.19. The summed E-state index contributed by atoms with van der Waals surface area (Å²) in [6.45, 7) is 2.78. The monoisotopic (exact) mass is 318 g/mol. The van der Waals surface area contributed by atoms with Crippen LogP contribution in [0.5, 0.6) is 0 Å². The lowest BCUT2D eigenvalue weighted by molar-refractivity contribution is 0.570. The van der Waals surface area contributed by atoms with Crippen molar-refractivity contribution in [3.8, 4) is 0 Å². The second-order valence-electron chi connectivity index (χ2n) is 4.12. The first-order chi connectivity index (χ1) is 9.09. The SMILES string of the molecule is CC(NCCc1ncn[nH]1)c1ccc(Cl)c(Cl)c1Cl. The molecule has 2 rings (SSSR count). The molecule has 4 nitrogen and oxygen atoms in total. The van der Waals surface area contributed by atoms with E-state index in [1.807, 2.05) is 13.0 Å². The molecule has 1 aromatic carbocycles. The van der Waals surface area contributed by atoms with E-state index in [4.69, 9.17) is 34.8 Å². The molecule has 19 heavy (non-hydrogen) atoms. The summed E-state index contributed by atoms with van der Waals surface area (Å²) >= 11 is 18.1. The Labute approximate surface area is 126 Å². The molecule has 1 unspecified atom stereocenters. The minimum absolute atomic E-state index is 0.0742. The van der Waals surface area contributed by atoms with E-state index < -0.39 is 0 Å². The van der Waals surface area contributed by atoms with Crippen LogP contribution in [-0.2, 0) is 6.42 Å². The third kappa shape index (κ3) is 3.60. The van der Waals surface area contributed by atoms with Crippen LogP contribution in [0.4, 0.5) is 0 Å². The van der Waals surface area contributed by atoms with Gasteiger partial charge in [-0.1, -0.05) is 40.9 Å². The van der Waals surface area contributed by atoms with Crippen molar-refractivity contribution in [2.75, 3.05) is 6.54 Å². The molecule has 0 spiro atoms.